The van der Waals surface area contributed by atoms with Crippen LogP contribution in [0.1, 0.15) is 45.2 Å². The van der Waals surface area contributed by atoms with Crippen molar-refractivity contribution in [3.8, 4) is 0 Å². The number of piperidine rings is 1. The van der Waals surface area contributed by atoms with E-state index in [-0.39, 0.29) is 6.04 Å². The molecular formula is C17H26F2N2. The van der Waals surface area contributed by atoms with Gasteiger partial charge in [0.15, 0.2) is 11.6 Å². The zero-order valence-electron chi connectivity index (χ0n) is 13.2. The van der Waals surface area contributed by atoms with Gasteiger partial charge in [0.1, 0.15) is 0 Å². The summed E-state index contributed by atoms with van der Waals surface area (Å²) < 4.78 is 26.4. The predicted octanol–water partition coefficient (Wildman–Crippen LogP) is 3.74. The average molecular weight is 296 g/mol. The third-order valence-corrected chi connectivity index (χ3v) is 4.34. The summed E-state index contributed by atoms with van der Waals surface area (Å²) in [6, 6.07) is 4.88. The van der Waals surface area contributed by atoms with Gasteiger partial charge in [0.2, 0.25) is 0 Å². The van der Waals surface area contributed by atoms with Gasteiger partial charge in [-0.2, -0.15) is 0 Å². The van der Waals surface area contributed by atoms with Crippen LogP contribution in [0.4, 0.5) is 8.78 Å². The maximum atomic E-state index is 13.4. The van der Waals surface area contributed by atoms with Crippen molar-refractivity contribution in [1.82, 2.24) is 10.2 Å². The van der Waals surface area contributed by atoms with Crippen LogP contribution in [0.5, 0.6) is 0 Å². The lowest BCUT2D eigenvalue weighted by Crippen LogP contribution is -2.42. The van der Waals surface area contributed by atoms with Crippen LogP contribution >= 0.6 is 0 Å². The van der Waals surface area contributed by atoms with Gasteiger partial charge in [-0.1, -0.05) is 19.9 Å². The van der Waals surface area contributed by atoms with Crippen molar-refractivity contribution in [3.63, 3.8) is 0 Å². The molecule has 4 heteroatoms. The van der Waals surface area contributed by atoms with Gasteiger partial charge in [-0.25, -0.2) is 8.78 Å². The van der Waals surface area contributed by atoms with Crippen LogP contribution in [-0.2, 0) is 0 Å². The number of nitrogens with one attached hydrogen (secondary N) is 1. The normalized spacial score (nSPS) is 21.7. The molecule has 0 aliphatic carbocycles. The Morgan fingerprint density at radius 1 is 1.24 bits per heavy atom. The van der Waals surface area contributed by atoms with Crippen LogP contribution in [0.3, 0.4) is 0 Å². The molecule has 1 aromatic carbocycles. The van der Waals surface area contributed by atoms with Crippen LogP contribution in [0, 0.1) is 17.6 Å². The molecule has 2 atom stereocenters. The van der Waals surface area contributed by atoms with E-state index in [0.717, 1.165) is 25.2 Å². The Kier molecular flexibility index (Phi) is 5.71. The maximum Gasteiger partial charge on any atom is 0.159 e. The number of rotatable bonds is 5. The van der Waals surface area contributed by atoms with E-state index >= 15 is 0 Å². The predicted molar refractivity (Wildman–Crippen MR) is 82.2 cm³/mol. The Morgan fingerprint density at radius 3 is 2.67 bits per heavy atom. The first-order valence-electron chi connectivity index (χ1n) is 7.89. The molecule has 1 fully saturated rings. The van der Waals surface area contributed by atoms with Gasteiger partial charge in [0.05, 0.1) is 0 Å². The summed E-state index contributed by atoms with van der Waals surface area (Å²) in [5.74, 6) is -0.896. The lowest BCUT2D eigenvalue weighted by atomic mass is 9.95. The van der Waals surface area contributed by atoms with Gasteiger partial charge in [-0.3, -0.25) is 4.90 Å². The van der Waals surface area contributed by atoms with Crippen LogP contribution < -0.4 is 5.32 Å². The van der Waals surface area contributed by atoms with Crippen LogP contribution in [-0.4, -0.2) is 30.6 Å². The van der Waals surface area contributed by atoms with Crippen molar-refractivity contribution >= 4 is 0 Å². The minimum Gasteiger partial charge on any atom is -0.314 e. The number of likely N-dealkylation sites (tertiary alicyclic amines) is 1. The highest BCUT2D eigenvalue weighted by Gasteiger charge is 2.24. The lowest BCUT2D eigenvalue weighted by molar-refractivity contribution is 0.129. The molecule has 1 aromatic rings. The van der Waals surface area contributed by atoms with Crippen molar-refractivity contribution in [2.24, 2.45) is 5.92 Å². The van der Waals surface area contributed by atoms with Crippen molar-refractivity contribution in [2.45, 2.75) is 45.7 Å². The number of hydrogen-bond acceptors (Lipinski definition) is 2. The van der Waals surface area contributed by atoms with Crippen LogP contribution in [0.15, 0.2) is 18.2 Å². The molecule has 1 saturated heterocycles. The van der Waals surface area contributed by atoms with E-state index < -0.39 is 11.6 Å². The Bertz CT molecular complexity index is 462. The molecule has 1 aliphatic heterocycles. The van der Waals surface area contributed by atoms with Gasteiger partial charge in [0.25, 0.3) is 0 Å². The molecule has 0 spiro atoms. The van der Waals surface area contributed by atoms with Gasteiger partial charge >= 0.3 is 0 Å². The summed E-state index contributed by atoms with van der Waals surface area (Å²) >= 11 is 0. The second kappa shape index (κ2) is 7.32. The van der Waals surface area contributed by atoms with Crippen LogP contribution in [0.25, 0.3) is 0 Å². The first-order chi connectivity index (χ1) is 9.97. The molecule has 2 nitrogen and oxygen atoms in total. The number of halogens is 2. The maximum absolute atomic E-state index is 13.4. The molecule has 0 radical (unpaired) electrons. The monoisotopic (exact) mass is 296 g/mol. The summed E-state index contributed by atoms with van der Waals surface area (Å²) in [6.07, 6.45) is 2.40. The number of hydrogen-bond donors (Lipinski definition) is 1. The fourth-order valence-corrected chi connectivity index (χ4v) is 3.00. The molecule has 2 rings (SSSR count). The zero-order valence-corrected chi connectivity index (χ0v) is 13.2. The minimum absolute atomic E-state index is 0.127. The van der Waals surface area contributed by atoms with Crippen molar-refractivity contribution < 1.29 is 8.78 Å². The third kappa shape index (κ3) is 4.48. The van der Waals surface area contributed by atoms with E-state index in [4.69, 9.17) is 0 Å². The fraction of sp³-hybridized carbons (Fsp3) is 0.647. The highest BCUT2D eigenvalue weighted by Crippen LogP contribution is 2.27. The molecule has 118 valence electrons. The van der Waals surface area contributed by atoms with Crippen molar-refractivity contribution in [1.29, 1.82) is 0 Å². The molecule has 2 unspecified atom stereocenters. The molecule has 0 amide bonds. The highest BCUT2D eigenvalue weighted by atomic mass is 19.2. The summed E-state index contributed by atoms with van der Waals surface area (Å²) in [5.41, 5.74) is 0.853. The second-order valence-corrected chi connectivity index (χ2v) is 6.42. The molecule has 21 heavy (non-hydrogen) atoms. The van der Waals surface area contributed by atoms with Gasteiger partial charge in [-0.15, -0.1) is 0 Å². The Hall–Kier alpha value is -1.00. The highest BCUT2D eigenvalue weighted by molar-refractivity contribution is 5.21. The molecule has 1 N–H and O–H groups in total. The summed E-state index contributed by atoms with van der Waals surface area (Å²) in [6.45, 7) is 9.46. The van der Waals surface area contributed by atoms with E-state index in [1.54, 1.807) is 6.07 Å². The average Bonchev–Trinajstić information content (AvgIpc) is 2.47. The lowest BCUT2D eigenvalue weighted by Gasteiger charge is -2.37. The molecule has 0 aromatic heterocycles. The molecular weight excluding hydrogens is 270 g/mol. The smallest absolute Gasteiger partial charge is 0.159 e. The number of benzene rings is 1. The first-order valence-corrected chi connectivity index (χ1v) is 7.89. The standard InChI is InChI=1S/C17H26F2N2/c1-12(2)20-10-14-5-4-8-21(11-14)13(3)15-6-7-16(18)17(19)9-15/h6-7,9,12-14,20H,4-5,8,10-11H2,1-3H3. The van der Waals surface area contributed by atoms with Gasteiger partial charge in [0, 0.05) is 18.6 Å². The van der Waals surface area contributed by atoms with Gasteiger partial charge < -0.3 is 5.32 Å². The van der Waals surface area contributed by atoms with E-state index in [9.17, 15) is 8.78 Å². The molecule has 0 bridgehead atoms. The van der Waals surface area contributed by atoms with Gasteiger partial charge in [-0.05, 0) is 56.5 Å². The Labute approximate surface area is 126 Å². The Balaban J connectivity index is 1.97. The summed E-state index contributed by atoms with van der Waals surface area (Å²) in [7, 11) is 0. The minimum atomic E-state index is -0.774. The number of nitrogens with zero attached hydrogens (tertiary/aromatic N) is 1. The molecule has 1 aliphatic rings. The van der Waals surface area contributed by atoms with E-state index in [1.165, 1.54) is 25.0 Å². The summed E-state index contributed by atoms with van der Waals surface area (Å²) in [4.78, 5) is 2.38. The van der Waals surface area contributed by atoms with E-state index in [0.29, 0.717) is 12.0 Å². The quantitative estimate of drug-likeness (QED) is 0.890. The first kappa shape index (κ1) is 16.4. The largest absolute Gasteiger partial charge is 0.314 e. The molecule has 1 heterocycles. The van der Waals surface area contributed by atoms with E-state index in [1.807, 2.05) is 0 Å². The van der Waals surface area contributed by atoms with E-state index in [2.05, 4.69) is 31.0 Å². The van der Waals surface area contributed by atoms with Crippen molar-refractivity contribution in [3.05, 3.63) is 35.4 Å². The summed E-state index contributed by atoms with van der Waals surface area (Å²) in [5, 5.41) is 3.49. The van der Waals surface area contributed by atoms with Crippen LogP contribution in [0.2, 0.25) is 0 Å². The topological polar surface area (TPSA) is 15.3 Å². The SMILES string of the molecule is CC(C)NCC1CCCN(C(C)c2ccc(F)c(F)c2)C1. The zero-order chi connectivity index (χ0) is 15.4. The van der Waals surface area contributed by atoms with Crippen molar-refractivity contribution in [2.75, 3.05) is 19.6 Å². The molecule has 0 saturated carbocycles. The second-order valence-electron chi connectivity index (χ2n) is 6.42. The fourth-order valence-electron chi connectivity index (χ4n) is 3.00. The third-order valence-electron chi connectivity index (χ3n) is 4.34. The Morgan fingerprint density at radius 2 is 2.00 bits per heavy atom.